The maximum atomic E-state index is 12.0. The van der Waals surface area contributed by atoms with Crippen LogP contribution in [0.4, 0.5) is 13.2 Å². The fourth-order valence-corrected chi connectivity index (χ4v) is 2.61. The SMILES string of the molecule is O=C(CCc1csc2ccccc12)C(F)(F)F. The number of thiophene rings is 1. The van der Waals surface area contributed by atoms with Crippen LogP contribution in [0.2, 0.25) is 0 Å². The van der Waals surface area contributed by atoms with Crippen LogP contribution in [0.5, 0.6) is 0 Å². The zero-order valence-corrected chi connectivity index (χ0v) is 9.57. The van der Waals surface area contributed by atoms with E-state index in [0.717, 1.165) is 15.6 Å². The molecular formula is C12H9F3OS. The van der Waals surface area contributed by atoms with E-state index in [4.69, 9.17) is 0 Å². The minimum absolute atomic E-state index is 0.141. The normalized spacial score (nSPS) is 11.9. The van der Waals surface area contributed by atoms with Gasteiger partial charge in [-0.05, 0) is 28.8 Å². The van der Waals surface area contributed by atoms with Crippen molar-refractivity contribution in [3.05, 3.63) is 35.2 Å². The van der Waals surface area contributed by atoms with Crippen molar-refractivity contribution in [2.24, 2.45) is 0 Å². The Hall–Kier alpha value is -1.36. The van der Waals surface area contributed by atoms with Gasteiger partial charge in [-0.25, -0.2) is 0 Å². The molecule has 0 fully saturated rings. The topological polar surface area (TPSA) is 17.1 Å². The summed E-state index contributed by atoms with van der Waals surface area (Å²) in [6, 6.07) is 7.49. The van der Waals surface area contributed by atoms with Gasteiger partial charge >= 0.3 is 6.18 Å². The minimum atomic E-state index is -4.72. The molecule has 0 amide bonds. The molecule has 5 heteroatoms. The average Bonchev–Trinajstić information content (AvgIpc) is 2.68. The van der Waals surface area contributed by atoms with Gasteiger partial charge in [0.25, 0.3) is 0 Å². The Kier molecular flexibility index (Phi) is 3.19. The lowest BCUT2D eigenvalue weighted by molar-refractivity contribution is -0.170. The van der Waals surface area contributed by atoms with E-state index < -0.39 is 18.4 Å². The summed E-state index contributed by atoms with van der Waals surface area (Å²) in [5.74, 6) is -1.66. The van der Waals surface area contributed by atoms with Crippen molar-refractivity contribution in [2.45, 2.75) is 19.0 Å². The van der Waals surface area contributed by atoms with Crippen LogP contribution in [0.1, 0.15) is 12.0 Å². The highest BCUT2D eigenvalue weighted by Crippen LogP contribution is 2.27. The van der Waals surface area contributed by atoms with Crippen LogP contribution in [0.15, 0.2) is 29.6 Å². The predicted octanol–water partition coefficient (Wildman–Crippen LogP) is 3.97. The average molecular weight is 258 g/mol. The van der Waals surface area contributed by atoms with Crippen molar-refractivity contribution in [1.29, 1.82) is 0 Å². The first-order chi connectivity index (χ1) is 7.98. The van der Waals surface area contributed by atoms with Gasteiger partial charge < -0.3 is 0 Å². The molecule has 0 atom stereocenters. The molecule has 0 saturated heterocycles. The molecule has 0 unspecified atom stereocenters. The summed E-state index contributed by atoms with van der Waals surface area (Å²) in [7, 11) is 0. The Morgan fingerprint density at radius 3 is 2.65 bits per heavy atom. The van der Waals surface area contributed by atoms with Crippen LogP contribution in [0, 0.1) is 0 Å². The molecule has 1 heterocycles. The predicted molar refractivity (Wildman–Crippen MR) is 61.2 cm³/mol. The van der Waals surface area contributed by atoms with E-state index in [9.17, 15) is 18.0 Å². The molecule has 0 N–H and O–H groups in total. The highest BCUT2D eigenvalue weighted by molar-refractivity contribution is 7.17. The number of halogens is 3. The molecule has 0 bridgehead atoms. The fraction of sp³-hybridized carbons (Fsp3) is 0.250. The van der Waals surface area contributed by atoms with Gasteiger partial charge in [-0.1, -0.05) is 18.2 Å². The lowest BCUT2D eigenvalue weighted by Crippen LogP contribution is -2.22. The Morgan fingerprint density at radius 2 is 1.94 bits per heavy atom. The number of carbonyl (C=O) groups is 1. The summed E-state index contributed by atoms with van der Waals surface area (Å²) in [5.41, 5.74) is 0.809. The number of benzene rings is 1. The molecule has 2 aromatic rings. The van der Waals surface area contributed by atoms with Crippen LogP contribution in [0.25, 0.3) is 10.1 Å². The molecule has 1 aromatic carbocycles. The molecule has 2 rings (SSSR count). The summed E-state index contributed by atoms with van der Waals surface area (Å²) in [6.45, 7) is 0. The van der Waals surface area contributed by atoms with E-state index in [1.54, 1.807) is 0 Å². The van der Waals surface area contributed by atoms with Crippen molar-refractivity contribution in [2.75, 3.05) is 0 Å². The largest absolute Gasteiger partial charge is 0.449 e. The van der Waals surface area contributed by atoms with E-state index in [1.165, 1.54) is 11.3 Å². The van der Waals surface area contributed by atoms with E-state index in [2.05, 4.69) is 0 Å². The zero-order valence-electron chi connectivity index (χ0n) is 8.75. The Labute approximate surface area is 99.9 Å². The molecule has 90 valence electrons. The smallest absolute Gasteiger partial charge is 0.290 e. The second-order valence-corrected chi connectivity index (χ2v) is 4.59. The zero-order chi connectivity index (χ0) is 12.5. The molecule has 0 radical (unpaired) electrons. The number of ketones is 1. The van der Waals surface area contributed by atoms with Crippen LogP contribution in [0.3, 0.4) is 0 Å². The van der Waals surface area contributed by atoms with Gasteiger partial charge in [-0.2, -0.15) is 13.2 Å². The second kappa shape index (κ2) is 4.49. The quantitative estimate of drug-likeness (QED) is 0.814. The van der Waals surface area contributed by atoms with Gasteiger partial charge in [0.2, 0.25) is 5.78 Å². The van der Waals surface area contributed by atoms with Crippen molar-refractivity contribution in [3.8, 4) is 0 Å². The maximum Gasteiger partial charge on any atom is 0.449 e. The van der Waals surface area contributed by atoms with Crippen LogP contribution in [-0.4, -0.2) is 12.0 Å². The summed E-state index contributed by atoms with van der Waals surface area (Å²) in [4.78, 5) is 10.8. The summed E-state index contributed by atoms with van der Waals surface area (Å²) >= 11 is 1.48. The fourth-order valence-electron chi connectivity index (χ4n) is 1.62. The van der Waals surface area contributed by atoms with Crippen LogP contribution >= 0.6 is 11.3 Å². The lowest BCUT2D eigenvalue weighted by Gasteiger charge is -2.04. The van der Waals surface area contributed by atoms with Crippen LogP contribution < -0.4 is 0 Å². The van der Waals surface area contributed by atoms with Gasteiger partial charge in [-0.3, -0.25) is 4.79 Å². The number of alkyl halides is 3. The standard InChI is InChI=1S/C12H9F3OS/c13-12(14,15)11(16)6-5-8-7-17-10-4-2-1-3-9(8)10/h1-4,7H,5-6H2. The minimum Gasteiger partial charge on any atom is -0.290 e. The van der Waals surface area contributed by atoms with Gasteiger partial charge in [0.1, 0.15) is 0 Å². The van der Waals surface area contributed by atoms with E-state index in [1.807, 2.05) is 29.6 Å². The number of hydrogen-bond acceptors (Lipinski definition) is 2. The lowest BCUT2D eigenvalue weighted by atomic mass is 10.1. The van der Waals surface area contributed by atoms with Crippen molar-refractivity contribution in [1.82, 2.24) is 0 Å². The van der Waals surface area contributed by atoms with Crippen molar-refractivity contribution < 1.29 is 18.0 Å². The Morgan fingerprint density at radius 1 is 1.24 bits per heavy atom. The monoisotopic (exact) mass is 258 g/mol. The number of carbonyl (C=O) groups excluding carboxylic acids is 1. The first-order valence-corrected chi connectivity index (χ1v) is 5.91. The third kappa shape index (κ3) is 2.66. The van der Waals surface area contributed by atoms with E-state index >= 15 is 0 Å². The molecule has 0 spiro atoms. The molecule has 0 saturated carbocycles. The number of aryl methyl sites for hydroxylation is 1. The third-order valence-corrected chi connectivity index (χ3v) is 3.51. The molecule has 0 aliphatic rings. The van der Waals surface area contributed by atoms with E-state index in [0.29, 0.717) is 0 Å². The molecule has 1 nitrogen and oxygen atoms in total. The molecule has 17 heavy (non-hydrogen) atoms. The number of rotatable bonds is 3. The molecule has 0 aliphatic heterocycles. The highest BCUT2D eigenvalue weighted by atomic mass is 32.1. The summed E-state index contributed by atoms with van der Waals surface area (Å²) in [5, 5.41) is 2.75. The second-order valence-electron chi connectivity index (χ2n) is 3.68. The first-order valence-electron chi connectivity index (χ1n) is 5.03. The van der Waals surface area contributed by atoms with Gasteiger partial charge in [-0.15, -0.1) is 11.3 Å². The highest BCUT2D eigenvalue weighted by Gasteiger charge is 2.37. The third-order valence-electron chi connectivity index (χ3n) is 2.50. The summed E-state index contributed by atoms with van der Waals surface area (Å²) in [6.07, 6.45) is -5.06. The number of fused-ring (bicyclic) bond motifs is 1. The Bertz CT molecular complexity index is 542. The number of Topliss-reactive ketones (excluding diaryl/α,β-unsaturated/α-hetero) is 1. The van der Waals surface area contributed by atoms with Crippen molar-refractivity contribution in [3.63, 3.8) is 0 Å². The van der Waals surface area contributed by atoms with Gasteiger partial charge in [0.15, 0.2) is 0 Å². The van der Waals surface area contributed by atoms with Crippen molar-refractivity contribution >= 4 is 27.2 Å². The Balaban J connectivity index is 2.12. The number of hydrogen-bond donors (Lipinski definition) is 0. The van der Waals surface area contributed by atoms with E-state index in [-0.39, 0.29) is 6.42 Å². The molecular weight excluding hydrogens is 249 g/mol. The molecule has 1 aromatic heterocycles. The molecule has 0 aliphatic carbocycles. The van der Waals surface area contributed by atoms with Crippen LogP contribution in [-0.2, 0) is 11.2 Å². The maximum absolute atomic E-state index is 12.0. The summed E-state index contributed by atoms with van der Waals surface area (Å²) < 4.78 is 37.2. The first kappa shape index (κ1) is 12.1. The van der Waals surface area contributed by atoms with Gasteiger partial charge in [0, 0.05) is 11.1 Å². The van der Waals surface area contributed by atoms with Gasteiger partial charge in [0.05, 0.1) is 0 Å².